The molecule has 0 radical (unpaired) electrons. The highest BCUT2D eigenvalue weighted by atomic mass is 32.2. The van der Waals surface area contributed by atoms with Crippen LogP contribution in [0.4, 0.5) is 14.5 Å². The predicted octanol–water partition coefficient (Wildman–Crippen LogP) is 5.03. The summed E-state index contributed by atoms with van der Waals surface area (Å²) < 4.78 is 62.3. The number of ether oxygens (including phenoxy) is 1. The van der Waals surface area contributed by atoms with Crippen LogP contribution in [0.25, 0.3) is 0 Å². The maximum atomic E-state index is 14.7. The smallest absolute Gasteiger partial charge is 0.264 e. The first-order valence-corrected chi connectivity index (χ1v) is 15.4. The summed E-state index contributed by atoms with van der Waals surface area (Å²) in [7, 11) is -4.37. The number of sulfonamides is 1. The molecule has 224 valence electrons. The van der Waals surface area contributed by atoms with Crippen LogP contribution in [-0.4, -0.2) is 50.4 Å². The van der Waals surface area contributed by atoms with Crippen molar-refractivity contribution < 1.29 is 31.5 Å². The third-order valence-electron chi connectivity index (χ3n) is 7.28. The fraction of sp³-hybridized carbons (Fsp3) is 0.355. The van der Waals surface area contributed by atoms with Crippen LogP contribution in [0.5, 0.6) is 5.75 Å². The molecule has 1 N–H and O–H groups in total. The molecule has 1 fully saturated rings. The second kappa shape index (κ2) is 13.8. The summed E-state index contributed by atoms with van der Waals surface area (Å²) in [5.74, 6) is -1.78. The maximum Gasteiger partial charge on any atom is 0.264 e. The topological polar surface area (TPSA) is 96.0 Å². The van der Waals surface area contributed by atoms with Gasteiger partial charge in [-0.3, -0.25) is 13.9 Å². The number of carbonyl (C=O) groups excluding carboxylic acids is 2. The van der Waals surface area contributed by atoms with Crippen molar-refractivity contribution in [3.8, 4) is 5.75 Å². The van der Waals surface area contributed by atoms with Crippen LogP contribution < -0.4 is 14.4 Å². The zero-order chi connectivity index (χ0) is 30.3. The van der Waals surface area contributed by atoms with Crippen LogP contribution in [0.1, 0.15) is 45.1 Å². The van der Waals surface area contributed by atoms with E-state index in [9.17, 15) is 26.8 Å². The van der Waals surface area contributed by atoms with E-state index in [-0.39, 0.29) is 28.7 Å². The molecule has 0 spiro atoms. The molecule has 1 saturated carbocycles. The minimum absolute atomic E-state index is 0.00966. The molecule has 42 heavy (non-hydrogen) atoms. The van der Waals surface area contributed by atoms with Gasteiger partial charge >= 0.3 is 0 Å². The lowest BCUT2D eigenvalue weighted by molar-refractivity contribution is -0.139. The number of halogens is 2. The number of amides is 2. The molecular weight excluding hydrogens is 564 g/mol. The Morgan fingerprint density at radius 3 is 2.24 bits per heavy atom. The molecule has 11 heteroatoms. The third kappa shape index (κ3) is 7.44. The van der Waals surface area contributed by atoms with Crippen molar-refractivity contribution in [3.05, 3.63) is 90.0 Å². The average molecular weight is 600 g/mol. The first-order chi connectivity index (χ1) is 20.1. The van der Waals surface area contributed by atoms with E-state index in [0.717, 1.165) is 54.3 Å². The molecule has 0 heterocycles. The Kier molecular flexibility index (Phi) is 10.2. The molecule has 4 rings (SSSR count). The minimum Gasteiger partial charge on any atom is -0.494 e. The van der Waals surface area contributed by atoms with Crippen LogP contribution in [0.3, 0.4) is 0 Å². The largest absolute Gasteiger partial charge is 0.494 e. The number of benzene rings is 3. The number of hydrogen-bond acceptors (Lipinski definition) is 5. The summed E-state index contributed by atoms with van der Waals surface area (Å²) in [6.07, 6.45) is 3.66. The second-order valence-corrected chi connectivity index (χ2v) is 12.0. The van der Waals surface area contributed by atoms with Crippen LogP contribution >= 0.6 is 0 Å². The van der Waals surface area contributed by atoms with E-state index in [1.54, 1.807) is 25.1 Å². The normalized spacial score (nSPS) is 14.3. The number of carbonyl (C=O) groups is 2. The van der Waals surface area contributed by atoms with E-state index in [2.05, 4.69) is 5.32 Å². The van der Waals surface area contributed by atoms with Gasteiger partial charge in [-0.2, -0.15) is 0 Å². The number of nitrogens with zero attached hydrogens (tertiary/aromatic N) is 2. The quantitative estimate of drug-likeness (QED) is 0.315. The van der Waals surface area contributed by atoms with Gasteiger partial charge in [0.2, 0.25) is 11.8 Å². The maximum absolute atomic E-state index is 14.7. The Labute approximate surface area is 245 Å². The second-order valence-electron chi connectivity index (χ2n) is 10.2. The summed E-state index contributed by atoms with van der Waals surface area (Å²) >= 11 is 0. The molecule has 2 amide bonds. The average Bonchev–Trinajstić information content (AvgIpc) is 3.49. The molecule has 0 saturated heterocycles. The Bertz CT molecular complexity index is 1480. The molecule has 1 aliphatic carbocycles. The van der Waals surface area contributed by atoms with Crippen molar-refractivity contribution in [2.75, 3.05) is 17.5 Å². The van der Waals surface area contributed by atoms with Gasteiger partial charge in [0, 0.05) is 18.2 Å². The molecule has 3 aromatic carbocycles. The Morgan fingerprint density at radius 2 is 1.62 bits per heavy atom. The third-order valence-corrected chi connectivity index (χ3v) is 9.07. The summed E-state index contributed by atoms with van der Waals surface area (Å²) in [5.41, 5.74) is 0.338. The zero-order valence-corrected chi connectivity index (χ0v) is 24.4. The highest BCUT2D eigenvalue weighted by Crippen LogP contribution is 2.27. The Hall–Kier alpha value is -3.99. The molecule has 0 aromatic heterocycles. The van der Waals surface area contributed by atoms with Gasteiger partial charge in [0.05, 0.1) is 17.2 Å². The number of rotatable bonds is 12. The summed E-state index contributed by atoms with van der Waals surface area (Å²) in [6, 6.07) is 15.3. The van der Waals surface area contributed by atoms with Gasteiger partial charge in [-0.15, -0.1) is 0 Å². The molecule has 0 bridgehead atoms. The van der Waals surface area contributed by atoms with Crippen molar-refractivity contribution in [1.29, 1.82) is 0 Å². The zero-order valence-electron chi connectivity index (χ0n) is 23.6. The van der Waals surface area contributed by atoms with Gasteiger partial charge in [-0.1, -0.05) is 31.0 Å². The molecule has 1 atom stereocenters. The molecule has 1 unspecified atom stereocenters. The van der Waals surface area contributed by atoms with E-state index >= 15 is 0 Å². The van der Waals surface area contributed by atoms with Gasteiger partial charge in [0.1, 0.15) is 30.0 Å². The molecular formula is C31H35F2N3O5S. The summed E-state index contributed by atoms with van der Waals surface area (Å²) in [6.45, 7) is 2.81. The van der Waals surface area contributed by atoms with Gasteiger partial charge < -0.3 is 15.0 Å². The van der Waals surface area contributed by atoms with Crippen molar-refractivity contribution >= 4 is 27.5 Å². The summed E-state index contributed by atoms with van der Waals surface area (Å²) in [5, 5.41) is 2.97. The lowest BCUT2D eigenvalue weighted by Crippen LogP contribution is -2.52. The minimum atomic E-state index is -4.37. The SMILES string of the molecule is CCOc1ccc(N(CC(=O)N(Cc2ccccc2F)C(C)C(=O)NC2CCCC2)S(=O)(=O)c2ccc(F)cc2)cc1. The standard InChI is InChI=1S/C31H35F2N3O5S/c1-3-41-27-16-14-26(15-17-27)36(42(39,40)28-18-12-24(32)13-19-28)21-30(37)35(20-23-8-4-7-11-29(23)33)22(2)31(38)34-25-9-5-6-10-25/h4,7-8,11-19,22,25H,3,5-6,9-10,20-21H2,1-2H3,(H,34,38). The number of hydrogen-bond donors (Lipinski definition) is 1. The van der Waals surface area contributed by atoms with Gasteiger partial charge in [0.25, 0.3) is 10.0 Å². The van der Waals surface area contributed by atoms with E-state index < -0.39 is 46.1 Å². The Balaban J connectivity index is 1.69. The van der Waals surface area contributed by atoms with Crippen molar-refractivity contribution in [1.82, 2.24) is 10.2 Å². The lowest BCUT2D eigenvalue weighted by Gasteiger charge is -2.32. The van der Waals surface area contributed by atoms with Crippen molar-refractivity contribution in [2.24, 2.45) is 0 Å². The van der Waals surface area contributed by atoms with Gasteiger partial charge in [-0.05, 0) is 81.3 Å². The molecule has 1 aliphatic rings. The fourth-order valence-corrected chi connectivity index (χ4v) is 6.34. The summed E-state index contributed by atoms with van der Waals surface area (Å²) in [4.78, 5) is 28.2. The van der Waals surface area contributed by atoms with Gasteiger partial charge in [-0.25, -0.2) is 17.2 Å². The van der Waals surface area contributed by atoms with Crippen LogP contribution in [0.2, 0.25) is 0 Å². The number of nitrogens with one attached hydrogen (secondary N) is 1. The monoisotopic (exact) mass is 599 g/mol. The van der Waals surface area contributed by atoms with Crippen LogP contribution in [-0.2, 0) is 26.2 Å². The van der Waals surface area contributed by atoms with E-state index in [4.69, 9.17) is 4.74 Å². The fourth-order valence-electron chi connectivity index (χ4n) is 4.92. The molecule has 0 aliphatic heterocycles. The number of anilines is 1. The van der Waals surface area contributed by atoms with E-state index in [1.807, 2.05) is 6.92 Å². The molecule has 3 aromatic rings. The van der Waals surface area contributed by atoms with E-state index in [0.29, 0.717) is 12.4 Å². The van der Waals surface area contributed by atoms with E-state index in [1.165, 1.54) is 35.2 Å². The van der Waals surface area contributed by atoms with Gasteiger partial charge in [0.15, 0.2) is 0 Å². The Morgan fingerprint density at radius 1 is 0.976 bits per heavy atom. The van der Waals surface area contributed by atoms with Crippen LogP contribution in [0.15, 0.2) is 77.7 Å². The molecule has 8 nitrogen and oxygen atoms in total. The van der Waals surface area contributed by atoms with Crippen LogP contribution in [0, 0.1) is 11.6 Å². The van der Waals surface area contributed by atoms with Crippen molar-refractivity contribution in [2.45, 2.75) is 63.1 Å². The predicted molar refractivity (Wildman–Crippen MR) is 155 cm³/mol. The lowest BCUT2D eigenvalue weighted by atomic mass is 10.1. The highest BCUT2D eigenvalue weighted by molar-refractivity contribution is 7.92. The highest BCUT2D eigenvalue weighted by Gasteiger charge is 2.33. The van der Waals surface area contributed by atoms with Crippen molar-refractivity contribution in [3.63, 3.8) is 0 Å². The first-order valence-electron chi connectivity index (χ1n) is 13.9. The first kappa shape index (κ1) is 31.0.